The fourth-order valence-electron chi connectivity index (χ4n) is 3.24. The fourth-order valence-corrected chi connectivity index (χ4v) is 4.55. The van der Waals surface area contributed by atoms with E-state index in [1.807, 2.05) is 42.5 Å². The molecular formula is C22H16N2O3S2. The predicted octanol–water partition coefficient (Wildman–Crippen LogP) is 3.78. The van der Waals surface area contributed by atoms with E-state index in [1.165, 1.54) is 4.90 Å². The summed E-state index contributed by atoms with van der Waals surface area (Å²) in [5.74, 6) is -1.12. The smallest absolute Gasteiger partial charge is 0.266 e. The fraction of sp³-hybridized carbons (Fsp3) is 0.0909. The normalized spacial score (nSPS) is 21.2. The van der Waals surface area contributed by atoms with Gasteiger partial charge >= 0.3 is 0 Å². The molecule has 2 aliphatic heterocycles. The first-order valence-electron chi connectivity index (χ1n) is 8.97. The number of amides is 3. The number of para-hydroxylation sites is 1. The molecule has 3 amide bonds. The molecule has 2 aromatic carbocycles. The van der Waals surface area contributed by atoms with Crippen LogP contribution < -0.4 is 4.90 Å². The summed E-state index contributed by atoms with van der Waals surface area (Å²) in [4.78, 5) is 41.1. The predicted molar refractivity (Wildman–Crippen MR) is 118 cm³/mol. The lowest BCUT2D eigenvalue weighted by Gasteiger charge is -2.21. The zero-order valence-electron chi connectivity index (χ0n) is 15.2. The number of anilines is 1. The molecule has 2 heterocycles. The summed E-state index contributed by atoms with van der Waals surface area (Å²) < 4.78 is 0.287. The molecule has 0 aliphatic carbocycles. The summed E-state index contributed by atoms with van der Waals surface area (Å²) in [5.41, 5.74) is 1.51. The van der Waals surface area contributed by atoms with Crippen molar-refractivity contribution >= 4 is 57.8 Å². The van der Waals surface area contributed by atoms with E-state index < -0.39 is 11.9 Å². The van der Waals surface area contributed by atoms with E-state index >= 15 is 0 Å². The van der Waals surface area contributed by atoms with E-state index in [4.69, 9.17) is 12.2 Å². The third-order valence-electron chi connectivity index (χ3n) is 4.61. The summed E-state index contributed by atoms with van der Waals surface area (Å²) in [6, 6.07) is 17.5. The van der Waals surface area contributed by atoms with E-state index in [-0.39, 0.29) is 22.6 Å². The summed E-state index contributed by atoms with van der Waals surface area (Å²) in [6.45, 7) is 0. The van der Waals surface area contributed by atoms with Gasteiger partial charge < -0.3 is 0 Å². The molecule has 0 spiro atoms. The maximum atomic E-state index is 12.9. The third kappa shape index (κ3) is 3.79. The van der Waals surface area contributed by atoms with E-state index in [1.54, 1.807) is 36.4 Å². The van der Waals surface area contributed by atoms with Gasteiger partial charge in [0.2, 0.25) is 5.91 Å². The SMILES string of the molecule is O=C1C[C@H](N2C(=O)/C(=C/C=C/c3ccccc3)SC2=S)C(=O)N1c1ccccc1. The molecule has 0 saturated carbocycles. The number of thioether (sulfide) groups is 1. The molecule has 7 heteroatoms. The van der Waals surface area contributed by atoms with Crippen molar-refractivity contribution in [1.29, 1.82) is 0 Å². The van der Waals surface area contributed by atoms with Crippen LogP contribution in [0.1, 0.15) is 12.0 Å². The maximum Gasteiger partial charge on any atom is 0.266 e. The molecule has 144 valence electrons. The molecule has 1 atom stereocenters. The Labute approximate surface area is 177 Å². The number of allylic oxidation sites excluding steroid dienone is 2. The molecule has 2 aliphatic rings. The largest absolute Gasteiger partial charge is 0.280 e. The van der Waals surface area contributed by atoms with Crippen LogP contribution in [0.4, 0.5) is 5.69 Å². The molecule has 0 N–H and O–H groups in total. The second-order valence-electron chi connectivity index (χ2n) is 6.47. The lowest BCUT2D eigenvalue weighted by molar-refractivity contribution is -0.130. The van der Waals surface area contributed by atoms with Gasteiger partial charge in [-0.1, -0.05) is 84.7 Å². The summed E-state index contributed by atoms with van der Waals surface area (Å²) in [6.07, 6.45) is 5.27. The molecule has 0 radical (unpaired) electrons. The first kappa shape index (κ1) is 19.3. The number of thiocarbonyl (C=S) groups is 1. The molecule has 0 unspecified atom stereocenters. The number of carbonyl (C=O) groups excluding carboxylic acids is 3. The highest BCUT2D eigenvalue weighted by Crippen LogP contribution is 2.36. The van der Waals surface area contributed by atoms with E-state index in [0.29, 0.717) is 10.6 Å². The van der Waals surface area contributed by atoms with Gasteiger partial charge in [0.15, 0.2) is 0 Å². The van der Waals surface area contributed by atoms with Crippen molar-refractivity contribution in [3.63, 3.8) is 0 Å². The van der Waals surface area contributed by atoms with Gasteiger partial charge in [0, 0.05) is 0 Å². The van der Waals surface area contributed by atoms with Gasteiger partial charge in [0.05, 0.1) is 17.0 Å². The van der Waals surface area contributed by atoms with Crippen LogP contribution in [0.5, 0.6) is 0 Å². The number of hydrogen-bond donors (Lipinski definition) is 0. The van der Waals surface area contributed by atoms with E-state index in [9.17, 15) is 14.4 Å². The molecule has 29 heavy (non-hydrogen) atoms. The Morgan fingerprint density at radius 3 is 2.31 bits per heavy atom. The Hall–Kier alpha value is -3.03. The number of hydrogen-bond acceptors (Lipinski definition) is 5. The molecule has 0 bridgehead atoms. The van der Waals surface area contributed by atoms with Gasteiger partial charge in [-0.25, -0.2) is 4.90 Å². The van der Waals surface area contributed by atoms with Crippen LogP contribution in [0.15, 0.2) is 77.7 Å². The van der Waals surface area contributed by atoms with Crippen LogP contribution in [0, 0.1) is 0 Å². The molecule has 5 nitrogen and oxygen atoms in total. The Kier molecular flexibility index (Phi) is 5.42. The quantitative estimate of drug-likeness (QED) is 0.428. The van der Waals surface area contributed by atoms with E-state index in [0.717, 1.165) is 22.2 Å². The maximum absolute atomic E-state index is 12.9. The van der Waals surface area contributed by atoms with Gasteiger partial charge in [-0.05, 0) is 23.8 Å². The zero-order chi connectivity index (χ0) is 20.4. The highest BCUT2D eigenvalue weighted by Gasteiger charge is 2.48. The van der Waals surface area contributed by atoms with Gasteiger partial charge in [-0.15, -0.1) is 0 Å². The average Bonchev–Trinajstić information content (AvgIpc) is 3.17. The monoisotopic (exact) mass is 420 g/mol. The Bertz CT molecular complexity index is 1050. The molecule has 2 fully saturated rings. The standard InChI is InChI=1S/C22H16N2O3S2/c25-19-14-17(20(26)23(19)16-11-5-2-6-12-16)24-21(27)18(29-22(24)28)13-7-10-15-8-3-1-4-9-15/h1-13,17H,14H2/b10-7+,18-13-/t17-/m0/s1. The number of imide groups is 1. The van der Waals surface area contributed by atoms with Crippen LogP contribution in [0.25, 0.3) is 6.08 Å². The number of benzene rings is 2. The number of carbonyl (C=O) groups is 3. The van der Waals surface area contributed by atoms with Crippen molar-refractivity contribution < 1.29 is 14.4 Å². The van der Waals surface area contributed by atoms with Crippen LogP contribution in [0.3, 0.4) is 0 Å². The second kappa shape index (κ2) is 8.14. The molecule has 0 aromatic heterocycles. The van der Waals surface area contributed by atoms with Crippen molar-refractivity contribution in [2.45, 2.75) is 12.5 Å². The first-order valence-corrected chi connectivity index (χ1v) is 10.2. The van der Waals surface area contributed by atoms with Gasteiger partial charge in [-0.2, -0.15) is 0 Å². The molecule has 2 aromatic rings. The van der Waals surface area contributed by atoms with Gasteiger partial charge in [-0.3, -0.25) is 19.3 Å². The number of nitrogens with zero attached hydrogens (tertiary/aromatic N) is 2. The van der Waals surface area contributed by atoms with E-state index in [2.05, 4.69) is 0 Å². The van der Waals surface area contributed by atoms with Crippen LogP contribution in [-0.2, 0) is 14.4 Å². The Balaban J connectivity index is 1.53. The highest BCUT2D eigenvalue weighted by atomic mass is 32.2. The average molecular weight is 421 g/mol. The van der Waals surface area contributed by atoms with Crippen LogP contribution in [0.2, 0.25) is 0 Å². The molecule has 2 saturated heterocycles. The first-order chi connectivity index (χ1) is 14.1. The van der Waals surface area contributed by atoms with Crippen molar-refractivity contribution in [2.24, 2.45) is 0 Å². The third-order valence-corrected chi connectivity index (χ3v) is 5.96. The van der Waals surface area contributed by atoms with Crippen LogP contribution in [-0.4, -0.2) is 33.0 Å². The number of rotatable bonds is 4. The Morgan fingerprint density at radius 1 is 0.966 bits per heavy atom. The van der Waals surface area contributed by atoms with Gasteiger partial charge in [0.25, 0.3) is 11.8 Å². The van der Waals surface area contributed by atoms with Crippen molar-refractivity contribution in [1.82, 2.24) is 4.90 Å². The summed E-state index contributed by atoms with van der Waals surface area (Å²) in [7, 11) is 0. The second-order valence-corrected chi connectivity index (χ2v) is 8.14. The minimum atomic E-state index is -0.904. The highest BCUT2D eigenvalue weighted by molar-refractivity contribution is 8.26. The zero-order valence-corrected chi connectivity index (χ0v) is 16.9. The lowest BCUT2D eigenvalue weighted by atomic mass is 10.2. The molecular weight excluding hydrogens is 404 g/mol. The van der Waals surface area contributed by atoms with Crippen molar-refractivity contribution in [2.75, 3.05) is 4.90 Å². The van der Waals surface area contributed by atoms with Gasteiger partial charge in [0.1, 0.15) is 10.4 Å². The summed E-state index contributed by atoms with van der Waals surface area (Å²) in [5, 5.41) is 0. The van der Waals surface area contributed by atoms with Crippen molar-refractivity contribution in [3.8, 4) is 0 Å². The lowest BCUT2D eigenvalue weighted by Crippen LogP contribution is -2.44. The minimum Gasteiger partial charge on any atom is -0.280 e. The molecule has 4 rings (SSSR count). The minimum absolute atomic E-state index is 0.0761. The van der Waals surface area contributed by atoms with Crippen molar-refractivity contribution in [3.05, 3.63) is 83.3 Å². The van der Waals surface area contributed by atoms with Crippen LogP contribution >= 0.6 is 24.0 Å². The summed E-state index contributed by atoms with van der Waals surface area (Å²) >= 11 is 6.48. The Morgan fingerprint density at radius 2 is 1.62 bits per heavy atom. The topological polar surface area (TPSA) is 57.7 Å².